The van der Waals surface area contributed by atoms with E-state index in [-0.39, 0.29) is 11.5 Å². The zero-order valence-electron chi connectivity index (χ0n) is 10.8. The molecule has 2 heterocycles. The Kier molecular flexibility index (Phi) is 2.79. The minimum atomic E-state index is 0.199. The highest BCUT2D eigenvalue weighted by molar-refractivity contribution is 7.13. The van der Waals surface area contributed by atoms with Gasteiger partial charge in [-0.2, -0.15) is 0 Å². The Balaban J connectivity index is 1.97. The van der Waals surface area contributed by atoms with Crippen LogP contribution in [0.25, 0.3) is 10.7 Å². The van der Waals surface area contributed by atoms with Crippen molar-refractivity contribution in [3.8, 4) is 10.7 Å². The molecular weight excluding hydrogens is 242 g/mol. The summed E-state index contributed by atoms with van der Waals surface area (Å²) < 4.78 is 2.27. The maximum Gasteiger partial charge on any atom is 0.150 e. The van der Waals surface area contributed by atoms with Crippen LogP contribution in [0.4, 0.5) is 0 Å². The predicted molar refractivity (Wildman–Crippen MR) is 75.6 cm³/mol. The minimum Gasteiger partial charge on any atom is -0.326 e. The highest BCUT2D eigenvalue weighted by Crippen LogP contribution is 2.43. The highest BCUT2D eigenvalue weighted by Gasteiger charge is 2.40. The summed E-state index contributed by atoms with van der Waals surface area (Å²) in [6.07, 6.45) is 6.28. The van der Waals surface area contributed by atoms with Crippen molar-refractivity contribution in [2.75, 3.05) is 0 Å². The zero-order valence-corrected chi connectivity index (χ0v) is 11.7. The summed E-state index contributed by atoms with van der Waals surface area (Å²) in [7, 11) is 0. The Morgan fingerprint density at radius 3 is 2.94 bits per heavy atom. The van der Waals surface area contributed by atoms with Crippen molar-refractivity contribution < 1.29 is 0 Å². The van der Waals surface area contributed by atoms with Crippen LogP contribution in [-0.2, 0) is 0 Å². The van der Waals surface area contributed by atoms with Crippen LogP contribution in [0.5, 0.6) is 0 Å². The lowest BCUT2D eigenvalue weighted by molar-refractivity contribution is 0.300. The van der Waals surface area contributed by atoms with E-state index in [1.54, 1.807) is 11.3 Å². The van der Waals surface area contributed by atoms with Gasteiger partial charge in [0.15, 0.2) is 0 Å². The molecule has 1 aliphatic rings. The Morgan fingerprint density at radius 2 is 2.33 bits per heavy atom. The Morgan fingerprint density at radius 1 is 1.50 bits per heavy atom. The molecule has 0 aliphatic heterocycles. The van der Waals surface area contributed by atoms with E-state index in [4.69, 9.17) is 5.73 Å². The van der Waals surface area contributed by atoms with Gasteiger partial charge in [-0.1, -0.05) is 19.9 Å². The third-order valence-electron chi connectivity index (χ3n) is 4.17. The molecular formula is C14H19N3S. The maximum atomic E-state index is 6.43. The number of rotatable bonds is 2. The van der Waals surface area contributed by atoms with Gasteiger partial charge in [-0.25, -0.2) is 4.98 Å². The van der Waals surface area contributed by atoms with E-state index in [1.165, 1.54) is 11.3 Å². The van der Waals surface area contributed by atoms with Crippen molar-refractivity contribution in [2.45, 2.75) is 38.8 Å². The van der Waals surface area contributed by atoms with Crippen LogP contribution in [0, 0.1) is 5.41 Å². The summed E-state index contributed by atoms with van der Waals surface area (Å²) in [6.45, 7) is 4.53. The first-order valence-corrected chi connectivity index (χ1v) is 7.30. The van der Waals surface area contributed by atoms with Crippen LogP contribution in [-0.4, -0.2) is 15.6 Å². The van der Waals surface area contributed by atoms with Gasteiger partial charge in [0.1, 0.15) is 5.82 Å². The van der Waals surface area contributed by atoms with Gasteiger partial charge in [-0.05, 0) is 29.7 Å². The van der Waals surface area contributed by atoms with Crippen LogP contribution >= 0.6 is 11.3 Å². The molecule has 2 unspecified atom stereocenters. The van der Waals surface area contributed by atoms with Crippen molar-refractivity contribution >= 4 is 11.3 Å². The zero-order chi connectivity index (χ0) is 12.8. The molecule has 0 radical (unpaired) electrons. The fourth-order valence-corrected chi connectivity index (χ4v) is 3.60. The average molecular weight is 261 g/mol. The fraction of sp³-hybridized carbons (Fsp3) is 0.500. The number of imidazole rings is 1. The summed E-state index contributed by atoms with van der Waals surface area (Å²) in [5.74, 6) is 1.06. The number of thiophene rings is 1. The third-order valence-corrected chi connectivity index (χ3v) is 5.03. The van der Waals surface area contributed by atoms with Crippen LogP contribution in [0.3, 0.4) is 0 Å². The molecule has 0 aromatic carbocycles. The van der Waals surface area contributed by atoms with E-state index in [1.807, 2.05) is 6.20 Å². The first-order chi connectivity index (χ1) is 8.59. The van der Waals surface area contributed by atoms with Gasteiger partial charge in [0.25, 0.3) is 0 Å². The quantitative estimate of drug-likeness (QED) is 0.901. The first kappa shape index (κ1) is 11.9. The van der Waals surface area contributed by atoms with E-state index in [9.17, 15) is 0 Å². The monoisotopic (exact) mass is 261 g/mol. The highest BCUT2D eigenvalue weighted by atomic mass is 32.1. The molecule has 18 heavy (non-hydrogen) atoms. The summed E-state index contributed by atoms with van der Waals surface area (Å²) in [6, 6.07) is 4.76. The molecule has 4 heteroatoms. The molecule has 1 fully saturated rings. The molecule has 2 aromatic heterocycles. The van der Waals surface area contributed by atoms with Crippen LogP contribution in [0.2, 0.25) is 0 Å². The van der Waals surface area contributed by atoms with Gasteiger partial charge < -0.3 is 10.3 Å². The van der Waals surface area contributed by atoms with Crippen molar-refractivity contribution in [3.05, 3.63) is 29.9 Å². The van der Waals surface area contributed by atoms with Crippen molar-refractivity contribution in [3.63, 3.8) is 0 Å². The third kappa shape index (κ3) is 1.80. The molecule has 2 aromatic rings. The van der Waals surface area contributed by atoms with Gasteiger partial charge in [-0.15, -0.1) is 11.3 Å². The predicted octanol–water partition coefficient (Wildman–Crippen LogP) is 3.30. The lowest BCUT2D eigenvalue weighted by Crippen LogP contribution is -2.38. The fourth-order valence-electron chi connectivity index (χ4n) is 2.88. The summed E-state index contributed by atoms with van der Waals surface area (Å²) in [4.78, 5) is 5.72. The summed E-state index contributed by atoms with van der Waals surface area (Å²) in [5.41, 5.74) is 6.65. The van der Waals surface area contributed by atoms with Gasteiger partial charge in [0.2, 0.25) is 0 Å². The lowest BCUT2D eigenvalue weighted by atomic mass is 9.87. The van der Waals surface area contributed by atoms with Gasteiger partial charge in [0.05, 0.1) is 10.9 Å². The Hall–Kier alpha value is -1.13. The van der Waals surface area contributed by atoms with E-state index in [2.05, 4.69) is 47.1 Å². The van der Waals surface area contributed by atoms with E-state index in [0.717, 1.165) is 12.2 Å². The molecule has 2 N–H and O–H groups in total. The Bertz CT molecular complexity index is 527. The molecule has 1 aliphatic carbocycles. The largest absolute Gasteiger partial charge is 0.326 e. The van der Waals surface area contributed by atoms with E-state index in [0.29, 0.717) is 6.04 Å². The molecule has 2 atom stereocenters. The number of nitrogens with zero attached hydrogens (tertiary/aromatic N) is 2. The lowest BCUT2D eigenvalue weighted by Gasteiger charge is -2.28. The van der Waals surface area contributed by atoms with E-state index < -0.39 is 0 Å². The smallest absolute Gasteiger partial charge is 0.150 e. The van der Waals surface area contributed by atoms with E-state index >= 15 is 0 Å². The van der Waals surface area contributed by atoms with Crippen molar-refractivity contribution in [1.29, 1.82) is 0 Å². The molecule has 0 saturated heterocycles. The number of hydrogen-bond acceptors (Lipinski definition) is 3. The van der Waals surface area contributed by atoms with Gasteiger partial charge >= 0.3 is 0 Å². The van der Waals surface area contributed by atoms with Gasteiger partial charge in [0, 0.05) is 18.4 Å². The molecule has 1 saturated carbocycles. The summed E-state index contributed by atoms with van der Waals surface area (Å²) in [5, 5.41) is 2.09. The topological polar surface area (TPSA) is 43.8 Å². The Labute approximate surface area is 112 Å². The molecule has 96 valence electrons. The van der Waals surface area contributed by atoms with Crippen LogP contribution in [0.15, 0.2) is 29.9 Å². The minimum absolute atomic E-state index is 0.199. The average Bonchev–Trinajstić information content (AvgIpc) is 3.01. The molecule has 3 nitrogen and oxygen atoms in total. The molecule has 3 rings (SSSR count). The number of nitrogens with two attached hydrogens (primary N) is 1. The standard InChI is InChI=1S/C14H19N3S/c1-14(2)6-5-10(12(14)15)17-8-7-16-13(17)11-4-3-9-18-11/h3-4,7-10,12H,5-6,15H2,1-2H3. The molecule has 0 bridgehead atoms. The number of aromatic nitrogens is 2. The van der Waals surface area contributed by atoms with Gasteiger partial charge in [-0.3, -0.25) is 0 Å². The first-order valence-electron chi connectivity index (χ1n) is 6.42. The van der Waals surface area contributed by atoms with Crippen LogP contribution in [0.1, 0.15) is 32.7 Å². The van der Waals surface area contributed by atoms with Crippen molar-refractivity contribution in [1.82, 2.24) is 9.55 Å². The number of hydrogen-bond donors (Lipinski definition) is 1. The second kappa shape index (κ2) is 4.21. The summed E-state index contributed by atoms with van der Waals surface area (Å²) >= 11 is 1.73. The second-order valence-corrected chi connectivity index (χ2v) is 6.70. The van der Waals surface area contributed by atoms with Crippen molar-refractivity contribution in [2.24, 2.45) is 11.1 Å². The van der Waals surface area contributed by atoms with Crippen LogP contribution < -0.4 is 5.73 Å². The molecule has 0 spiro atoms. The molecule has 0 amide bonds. The second-order valence-electron chi connectivity index (χ2n) is 5.76. The SMILES string of the molecule is CC1(C)CCC(n2ccnc2-c2cccs2)C1N. The maximum absolute atomic E-state index is 6.43. The normalized spacial score (nSPS) is 26.6.